The van der Waals surface area contributed by atoms with Crippen molar-refractivity contribution in [3.8, 4) is 0 Å². The van der Waals surface area contributed by atoms with E-state index in [1.54, 1.807) is 12.1 Å². The molecule has 0 N–H and O–H groups in total. The van der Waals surface area contributed by atoms with Crippen LogP contribution in [0.5, 0.6) is 0 Å². The molecule has 0 spiro atoms. The van der Waals surface area contributed by atoms with Crippen LogP contribution in [0.3, 0.4) is 0 Å². The summed E-state index contributed by atoms with van der Waals surface area (Å²) in [7, 11) is 0. The molecule has 2 heterocycles. The van der Waals surface area contributed by atoms with Crippen molar-refractivity contribution >= 4 is 17.7 Å². The Hall–Kier alpha value is -1.07. The molecule has 22 heavy (non-hydrogen) atoms. The topological polar surface area (TPSA) is 23.6 Å². The highest BCUT2D eigenvalue weighted by Gasteiger charge is 2.29. The lowest BCUT2D eigenvalue weighted by Gasteiger charge is -2.32. The van der Waals surface area contributed by atoms with Gasteiger partial charge in [0.2, 0.25) is 0 Å². The first-order chi connectivity index (χ1) is 10.7. The SMILES string of the molecule is O=C(c1cccc(F)c1)N1CCCSCC1CN1CCCC1. The Kier molecular flexibility index (Phi) is 5.37. The summed E-state index contributed by atoms with van der Waals surface area (Å²) in [6, 6.07) is 6.31. The largest absolute Gasteiger partial charge is 0.334 e. The molecule has 3 rings (SSSR count). The van der Waals surface area contributed by atoms with Crippen molar-refractivity contribution in [2.45, 2.75) is 25.3 Å². The van der Waals surface area contributed by atoms with Gasteiger partial charge in [0, 0.05) is 24.4 Å². The molecule has 2 fully saturated rings. The molecule has 2 aliphatic rings. The van der Waals surface area contributed by atoms with Crippen LogP contribution in [0.25, 0.3) is 0 Å². The third kappa shape index (κ3) is 3.82. The zero-order chi connectivity index (χ0) is 15.4. The third-order valence-corrected chi connectivity index (χ3v) is 5.64. The lowest BCUT2D eigenvalue weighted by atomic mass is 10.1. The lowest BCUT2D eigenvalue weighted by molar-refractivity contribution is 0.0666. The summed E-state index contributed by atoms with van der Waals surface area (Å²) in [4.78, 5) is 17.3. The second-order valence-electron chi connectivity index (χ2n) is 6.10. The Morgan fingerprint density at radius 3 is 2.82 bits per heavy atom. The van der Waals surface area contributed by atoms with Crippen LogP contribution in [0.1, 0.15) is 29.6 Å². The molecule has 3 nitrogen and oxygen atoms in total. The maximum absolute atomic E-state index is 13.4. The smallest absolute Gasteiger partial charge is 0.254 e. The quantitative estimate of drug-likeness (QED) is 0.855. The Morgan fingerprint density at radius 1 is 1.23 bits per heavy atom. The van der Waals surface area contributed by atoms with E-state index < -0.39 is 0 Å². The van der Waals surface area contributed by atoms with Gasteiger partial charge in [-0.05, 0) is 56.3 Å². The number of amides is 1. The van der Waals surface area contributed by atoms with Gasteiger partial charge < -0.3 is 9.80 Å². The van der Waals surface area contributed by atoms with Crippen LogP contribution in [-0.4, -0.2) is 59.4 Å². The van der Waals surface area contributed by atoms with Crippen molar-refractivity contribution in [2.75, 3.05) is 37.7 Å². The first-order valence-corrected chi connectivity index (χ1v) is 9.26. The predicted octanol–water partition coefficient (Wildman–Crippen LogP) is 2.87. The number of rotatable bonds is 3. The van der Waals surface area contributed by atoms with E-state index in [0.29, 0.717) is 5.56 Å². The number of thioether (sulfide) groups is 1. The molecule has 1 amide bonds. The molecule has 0 bridgehead atoms. The monoisotopic (exact) mass is 322 g/mol. The highest BCUT2D eigenvalue weighted by molar-refractivity contribution is 7.99. The first kappa shape index (κ1) is 15.8. The fourth-order valence-corrected chi connectivity index (χ4v) is 4.36. The summed E-state index contributed by atoms with van der Waals surface area (Å²) < 4.78 is 13.4. The molecule has 1 aromatic carbocycles. The van der Waals surface area contributed by atoms with Crippen molar-refractivity contribution < 1.29 is 9.18 Å². The van der Waals surface area contributed by atoms with Gasteiger partial charge in [0.25, 0.3) is 5.91 Å². The molecule has 120 valence electrons. The van der Waals surface area contributed by atoms with Gasteiger partial charge in [-0.15, -0.1) is 0 Å². The minimum atomic E-state index is -0.342. The van der Waals surface area contributed by atoms with Gasteiger partial charge in [-0.1, -0.05) is 6.07 Å². The maximum atomic E-state index is 13.4. The third-order valence-electron chi connectivity index (χ3n) is 4.44. The summed E-state index contributed by atoms with van der Waals surface area (Å²) >= 11 is 1.93. The summed E-state index contributed by atoms with van der Waals surface area (Å²) in [6.45, 7) is 4.02. The summed E-state index contributed by atoms with van der Waals surface area (Å²) in [6.07, 6.45) is 3.54. The van der Waals surface area contributed by atoms with Gasteiger partial charge in [0.1, 0.15) is 5.82 Å². The van der Waals surface area contributed by atoms with Crippen LogP contribution in [0.15, 0.2) is 24.3 Å². The fourth-order valence-electron chi connectivity index (χ4n) is 3.30. The second kappa shape index (κ2) is 7.47. The van der Waals surface area contributed by atoms with Crippen LogP contribution in [0.4, 0.5) is 4.39 Å². The van der Waals surface area contributed by atoms with Crippen LogP contribution in [0.2, 0.25) is 0 Å². The fraction of sp³-hybridized carbons (Fsp3) is 0.588. The number of likely N-dealkylation sites (tertiary alicyclic amines) is 1. The molecular formula is C17H23FN2OS. The van der Waals surface area contributed by atoms with E-state index >= 15 is 0 Å². The van der Waals surface area contributed by atoms with Gasteiger partial charge in [0.05, 0.1) is 6.04 Å². The van der Waals surface area contributed by atoms with Gasteiger partial charge in [-0.3, -0.25) is 4.79 Å². The minimum absolute atomic E-state index is 0.0220. The van der Waals surface area contributed by atoms with Gasteiger partial charge in [-0.2, -0.15) is 11.8 Å². The average molecular weight is 322 g/mol. The molecule has 1 aromatic rings. The predicted molar refractivity (Wildman–Crippen MR) is 88.8 cm³/mol. The normalized spacial score (nSPS) is 23.5. The van der Waals surface area contributed by atoms with Crippen molar-refractivity contribution in [2.24, 2.45) is 0 Å². The standard InChI is InChI=1S/C17H23FN2OS/c18-15-6-3-5-14(11-15)17(21)20-9-4-10-22-13-16(20)12-19-7-1-2-8-19/h3,5-6,11,16H,1-2,4,7-10,12-13H2. The summed E-state index contributed by atoms with van der Waals surface area (Å²) in [5, 5.41) is 0. The highest BCUT2D eigenvalue weighted by atomic mass is 32.2. The van der Waals surface area contributed by atoms with E-state index in [-0.39, 0.29) is 17.8 Å². The number of hydrogen-bond donors (Lipinski definition) is 0. The van der Waals surface area contributed by atoms with E-state index in [2.05, 4.69) is 4.90 Å². The number of benzene rings is 1. The zero-order valence-corrected chi connectivity index (χ0v) is 13.7. The zero-order valence-electron chi connectivity index (χ0n) is 12.8. The van der Waals surface area contributed by atoms with Crippen LogP contribution in [0, 0.1) is 5.82 Å². The van der Waals surface area contributed by atoms with E-state index in [9.17, 15) is 9.18 Å². The number of carbonyl (C=O) groups is 1. The van der Waals surface area contributed by atoms with Gasteiger partial charge >= 0.3 is 0 Å². The molecule has 0 aromatic heterocycles. The van der Waals surface area contributed by atoms with E-state index in [1.165, 1.54) is 25.0 Å². The molecule has 0 radical (unpaired) electrons. The molecule has 5 heteroatoms. The Morgan fingerprint density at radius 2 is 2.05 bits per heavy atom. The Bertz CT molecular complexity index is 519. The van der Waals surface area contributed by atoms with Crippen molar-refractivity contribution in [3.05, 3.63) is 35.6 Å². The van der Waals surface area contributed by atoms with E-state index in [4.69, 9.17) is 0 Å². The molecule has 1 unspecified atom stereocenters. The number of nitrogens with zero attached hydrogens (tertiary/aromatic N) is 2. The molecule has 0 saturated carbocycles. The first-order valence-electron chi connectivity index (χ1n) is 8.11. The second-order valence-corrected chi connectivity index (χ2v) is 7.25. The molecule has 2 saturated heterocycles. The molecule has 0 aliphatic carbocycles. The van der Waals surface area contributed by atoms with Gasteiger partial charge in [0.15, 0.2) is 0 Å². The van der Waals surface area contributed by atoms with Gasteiger partial charge in [-0.25, -0.2) is 4.39 Å². The average Bonchev–Trinajstić information content (AvgIpc) is 2.92. The van der Waals surface area contributed by atoms with Crippen LogP contribution < -0.4 is 0 Å². The van der Waals surface area contributed by atoms with E-state index in [0.717, 1.165) is 44.1 Å². The van der Waals surface area contributed by atoms with Crippen LogP contribution >= 0.6 is 11.8 Å². The highest BCUT2D eigenvalue weighted by Crippen LogP contribution is 2.21. The van der Waals surface area contributed by atoms with Crippen LogP contribution in [-0.2, 0) is 0 Å². The lowest BCUT2D eigenvalue weighted by Crippen LogP contribution is -2.47. The number of halogens is 1. The van der Waals surface area contributed by atoms with Crippen molar-refractivity contribution in [3.63, 3.8) is 0 Å². The Labute approximate surface area is 135 Å². The Balaban J connectivity index is 1.75. The van der Waals surface area contributed by atoms with Crippen molar-refractivity contribution in [1.29, 1.82) is 0 Å². The minimum Gasteiger partial charge on any atom is -0.334 e. The number of hydrogen-bond acceptors (Lipinski definition) is 3. The molecule has 1 atom stereocenters. The maximum Gasteiger partial charge on any atom is 0.254 e. The summed E-state index contributed by atoms with van der Waals surface area (Å²) in [5.74, 6) is 1.72. The van der Waals surface area contributed by atoms with Crippen molar-refractivity contribution in [1.82, 2.24) is 9.80 Å². The molecule has 2 aliphatic heterocycles. The molecular weight excluding hydrogens is 299 g/mol. The summed E-state index contributed by atoms with van der Waals surface area (Å²) in [5.41, 5.74) is 0.471. The van der Waals surface area contributed by atoms with E-state index in [1.807, 2.05) is 16.7 Å². The number of carbonyl (C=O) groups excluding carboxylic acids is 1.